The first-order valence-corrected chi connectivity index (χ1v) is 14.0. The summed E-state index contributed by atoms with van der Waals surface area (Å²) in [5.41, 5.74) is 1.49. The minimum atomic E-state index is 0.741. The lowest BCUT2D eigenvalue weighted by Gasteiger charge is -2.60. The maximum absolute atomic E-state index is 3.22. The third-order valence-corrected chi connectivity index (χ3v) is 10.3. The van der Waals surface area contributed by atoms with Gasteiger partial charge in [-0.05, 0) is 85.9 Å². The van der Waals surface area contributed by atoms with Gasteiger partial charge in [-0.3, -0.25) is 0 Å². The Hall–Kier alpha value is -0.160. The van der Waals surface area contributed by atoms with Gasteiger partial charge in [-0.1, -0.05) is 33.1 Å². The predicted octanol–water partition coefficient (Wildman–Crippen LogP) is 4.17. The van der Waals surface area contributed by atoms with E-state index in [4.69, 9.17) is 0 Å². The second-order valence-corrected chi connectivity index (χ2v) is 12.0. The molecule has 2 saturated heterocycles. The van der Waals surface area contributed by atoms with Crippen LogP contribution in [0.2, 0.25) is 0 Å². The molecule has 0 spiro atoms. The summed E-state index contributed by atoms with van der Waals surface area (Å²) in [6.45, 7) is 14.4. The van der Waals surface area contributed by atoms with Gasteiger partial charge in [-0.2, -0.15) is 0 Å². The molecule has 0 unspecified atom stereocenters. The van der Waals surface area contributed by atoms with Crippen molar-refractivity contribution in [1.82, 2.24) is 21.3 Å². The van der Waals surface area contributed by atoms with Crippen LogP contribution in [0.15, 0.2) is 0 Å². The van der Waals surface area contributed by atoms with E-state index in [0.29, 0.717) is 0 Å². The summed E-state index contributed by atoms with van der Waals surface area (Å²) in [7, 11) is 0. The minimum absolute atomic E-state index is 0.741. The fourth-order valence-electron chi connectivity index (χ4n) is 8.50. The van der Waals surface area contributed by atoms with Crippen LogP contribution in [0.3, 0.4) is 0 Å². The molecule has 2 aliphatic heterocycles. The summed E-state index contributed by atoms with van der Waals surface area (Å²) in [5.74, 6) is 4.41. The maximum atomic E-state index is 3.22. The number of piperazine rings is 2. The number of rotatable bonds is 0. The number of hydrogen-bond acceptors (Lipinski definition) is 4. The van der Waals surface area contributed by atoms with Crippen LogP contribution in [0, 0.1) is 34.5 Å². The van der Waals surface area contributed by atoms with Crippen LogP contribution in [-0.2, 0) is 0 Å². The maximum Gasteiger partial charge on any atom is 0.00772 e. The Morgan fingerprint density at radius 3 is 1.71 bits per heavy atom. The Kier molecular flexibility index (Phi) is 8.75. The van der Waals surface area contributed by atoms with Gasteiger partial charge in [0.25, 0.3) is 0 Å². The molecule has 0 aromatic rings. The van der Waals surface area contributed by atoms with E-state index in [1.54, 1.807) is 51.4 Å². The lowest BCUT2D eigenvalue weighted by molar-refractivity contribution is -0.103. The average Bonchev–Trinajstić information content (AvgIpc) is 3.24. The summed E-state index contributed by atoms with van der Waals surface area (Å²) in [6.07, 6.45) is 17.1. The molecule has 6 aliphatic rings. The van der Waals surface area contributed by atoms with Gasteiger partial charge in [0.15, 0.2) is 0 Å². The molecule has 6 rings (SSSR count). The molecule has 0 amide bonds. The lowest BCUT2D eigenvalue weighted by atomic mass is 9.45. The van der Waals surface area contributed by atoms with Gasteiger partial charge in [0.2, 0.25) is 0 Å². The van der Waals surface area contributed by atoms with Gasteiger partial charge in [0.1, 0.15) is 0 Å². The van der Waals surface area contributed by atoms with Crippen molar-refractivity contribution in [2.75, 3.05) is 52.4 Å². The van der Waals surface area contributed by atoms with Crippen molar-refractivity contribution in [3.63, 3.8) is 0 Å². The van der Waals surface area contributed by atoms with E-state index in [-0.39, 0.29) is 0 Å². The SMILES string of the molecule is C1CNCCN1.C1CNCCN1.C[C@@]12CCC[C@H]1[C@@H]1CC[C@H]3CCCC[C@]3(C)[C@H]1CC2. The fraction of sp³-hybridized carbons (Fsp3) is 1.00. The highest BCUT2D eigenvalue weighted by atomic mass is 15.0. The average molecular weight is 433 g/mol. The molecule has 4 N–H and O–H groups in total. The normalized spacial score (nSPS) is 44.3. The molecule has 4 aliphatic carbocycles. The summed E-state index contributed by atoms with van der Waals surface area (Å²) in [5, 5.41) is 12.9. The first-order chi connectivity index (χ1) is 15.1. The number of hydrogen-bond donors (Lipinski definition) is 4. The highest BCUT2D eigenvalue weighted by molar-refractivity contribution is 5.06. The van der Waals surface area contributed by atoms with Crippen molar-refractivity contribution in [2.24, 2.45) is 34.5 Å². The largest absolute Gasteiger partial charge is 0.314 e. The van der Waals surface area contributed by atoms with Crippen LogP contribution in [0.4, 0.5) is 0 Å². The zero-order chi connectivity index (χ0) is 21.6. The highest BCUT2D eigenvalue weighted by Gasteiger charge is 2.56. The second kappa shape index (κ2) is 11.3. The Morgan fingerprint density at radius 2 is 1.13 bits per heavy atom. The molecule has 2 heterocycles. The van der Waals surface area contributed by atoms with Crippen molar-refractivity contribution >= 4 is 0 Å². The number of nitrogens with one attached hydrogen (secondary N) is 4. The van der Waals surface area contributed by atoms with Crippen molar-refractivity contribution in [3.05, 3.63) is 0 Å². The Labute approximate surface area is 192 Å². The second-order valence-electron chi connectivity index (χ2n) is 12.0. The molecule has 0 aromatic carbocycles. The van der Waals surface area contributed by atoms with Crippen molar-refractivity contribution < 1.29 is 0 Å². The van der Waals surface area contributed by atoms with Gasteiger partial charge in [-0.15, -0.1) is 0 Å². The summed E-state index contributed by atoms with van der Waals surface area (Å²) < 4.78 is 0. The topological polar surface area (TPSA) is 48.1 Å². The Morgan fingerprint density at radius 1 is 0.516 bits per heavy atom. The van der Waals surface area contributed by atoms with Crippen LogP contribution in [-0.4, -0.2) is 52.4 Å². The van der Waals surface area contributed by atoms with Gasteiger partial charge in [0, 0.05) is 52.4 Å². The van der Waals surface area contributed by atoms with Crippen molar-refractivity contribution in [2.45, 2.75) is 84.5 Å². The van der Waals surface area contributed by atoms with E-state index in [1.165, 1.54) is 19.3 Å². The van der Waals surface area contributed by atoms with E-state index in [1.807, 2.05) is 0 Å². The van der Waals surface area contributed by atoms with E-state index < -0.39 is 0 Å². The van der Waals surface area contributed by atoms with Crippen LogP contribution in [0.1, 0.15) is 84.5 Å². The van der Waals surface area contributed by atoms with E-state index in [2.05, 4.69) is 35.1 Å². The first-order valence-electron chi connectivity index (χ1n) is 14.0. The van der Waals surface area contributed by atoms with Crippen LogP contribution >= 0.6 is 0 Å². The molecule has 180 valence electrons. The third-order valence-electron chi connectivity index (χ3n) is 10.3. The molecular formula is C27H52N4. The van der Waals surface area contributed by atoms with Crippen molar-refractivity contribution in [3.8, 4) is 0 Å². The fourth-order valence-corrected chi connectivity index (χ4v) is 8.50. The zero-order valence-electron chi connectivity index (χ0n) is 20.7. The zero-order valence-corrected chi connectivity index (χ0v) is 20.7. The van der Waals surface area contributed by atoms with Gasteiger partial charge in [-0.25, -0.2) is 0 Å². The quantitative estimate of drug-likeness (QED) is 0.464. The third kappa shape index (κ3) is 5.67. The van der Waals surface area contributed by atoms with E-state index >= 15 is 0 Å². The number of fused-ring (bicyclic) bond motifs is 5. The molecule has 4 saturated carbocycles. The molecule has 6 fully saturated rings. The minimum Gasteiger partial charge on any atom is -0.314 e. The molecule has 0 aromatic heterocycles. The highest BCUT2D eigenvalue weighted by Crippen LogP contribution is 2.66. The molecule has 4 nitrogen and oxygen atoms in total. The molecule has 6 atom stereocenters. The first kappa shape index (κ1) is 24.0. The molecule has 4 heteroatoms. The molecule has 0 bridgehead atoms. The van der Waals surface area contributed by atoms with E-state index in [0.717, 1.165) is 86.9 Å². The summed E-state index contributed by atoms with van der Waals surface area (Å²) in [4.78, 5) is 0. The van der Waals surface area contributed by atoms with Crippen LogP contribution in [0.25, 0.3) is 0 Å². The standard InChI is InChI=1S/C19H32.2C4H10N2/c1-18-11-5-7-16(18)15-9-8-14-6-3-4-12-19(14,2)17(15)10-13-18;2*1-2-6-4-3-5-1/h14-17H,3-13H2,1-2H3;2*5-6H,1-4H2/t14-,15+,16+,17+,18+,19+;;/m1../s1. The van der Waals surface area contributed by atoms with Crippen LogP contribution < -0.4 is 21.3 Å². The Bertz CT molecular complexity index is 496. The molecule has 31 heavy (non-hydrogen) atoms. The summed E-state index contributed by atoms with van der Waals surface area (Å²) in [6, 6.07) is 0. The molecule has 0 radical (unpaired) electrons. The van der Waals surface area contributed by atoms with Gasteiger partial charge < -0.3 is 21.3 Å². The van der Waals surface area contributed by atoms with Crippen molar-refractivity contribution in [1.29, 1.82) is 0 Å². The van der Waals surface area contributed by atoms with Gasteiger partial charge >= 0.3 is 0 Å². The Balaban J connectivity index is 0.000000157. The monoisotopic (exact) mass is 432 g/mol. The van der Waals surface area contributed by atoms with Gasteiger partial charge in [0.05, 0.1) is 0 Å². The lowest BCUT2D eigenvalue weighted by Crippen LogP contribution is -2.51. The smallest absolute Gasteiger partial charge is 0.00772 e. The van der Waals surface area contributed by atoms with E-state index in [9.17, 15) is 0 Å². The molecular weight excluding hydrogens is 380 g/mol. The predicted molar refractivity (Wildman–Crippen MR) is 132 cm³/mol. The van der Waals surface area contributed by atoms with Crippen LogP contribution in [0.5, 0.6) is 0 Å². The summed E-state index contributed by atoms with van der Waals surface area (Å²) >= 11 is 0.